The summed E-state index contributed by atoms with van der Waals surface area (Å²) in [6.07, 6.45) is 0.461. The summed E-state index contributed by atoms with van der Waals surface area (Å²) >= 11 is 1.53. The molecule has 0 radical (unpaired) electrons. The largest absolute Gasteiger partial charge is 0.372 e. The summed E-state index contributed by atoms with van der Waals surface area (Å²) in [5.41, 5.74) is 0. The van der Waals surface area contributed by atoms with Crippen LogP contribution in [0.4, 0.5) is 10.9 Å². The maximum absolute atomic E-state index is 6.88. The first-order chi connectivity index (χ1) is 7.19. The Morgan fingerprint density at radius 2 is 2.20 bits per heavy atom. The standard InChI is InChI=1S/C10H13N3OS/c1-7-4-13(5-8(2)14-7)10-12-9(11-3)6-15-10/h6-8H,4-5H2,1-2H3/t7-,8+. The predicted octanol–water partition coefficient (Wildman–Crippen LogP) is 2.31. The highest BCUT2D eigenvalue weighted by molar-refractivity contribution is 7.14. The van der Waals surface area contributed by atoms with E-state index in [1.807, 2.05) is 0 Å². The van der Waals surface area contributed by atoms with Gasteiger partial charge in [-0.15, -0.1) is 0 Å². The molecule has 80 valence electrons. The summed E-state index contributed by atoms with van der Waals surface area (Å²) in [4.78, 5) is 9.76. The van der Waals surface area contributed by atoms with Crippen molar-refractivity contribution in [3.8, 4) is 0 Å². The van der Waals surface area contributed by atoms with Gasteiger partial charge in [-0.05, 0) is 13.8 Å². The molecule has 4 nitrogen and oxygen atoms in total. The number of aromatic nitrogens is 1. The van der Waals surface area contributed by atoms with Gasteiger partial charge in [0, 0.05) is 18.5 Å². The highest BCUT2D eigenvalue weighted by Gasteiger charge is 2.25. The van der Waals surface area contributed by atoms with E-state index in [9.17, 15) is 0 Å². The normalized spacial score (nSPS) is 26.3. The van der Waals surface area contributed by atoms with Gasteiger partial charge in [0.05, 0.1) is 12.2 Å². The third kappa shape index (κ3) is 2.28. The average Bonchev–Trinajstić information content (AvgIpc) is 2.64. The topological polar surface area (TPSA) is 29.7 Å². The van der Waals surface area contributed by atoms with Crippen LogP contribution in [0.1, 0.15) is 13.8 Å². The maximum atomic E-state index is 6.88. The van der Waals surface area contributed by atoms with Crippen molar-refractivity contribution in [1.82, 2.24) is 4.98 Å². The minimum Gasteiger partial charge on any atom is -0.372 e. The molecule has 5 heteroatoms. The maximum Gasteiger partial charge on any atom is 0.282 e. The summed E-state index contributed by atoms with van der Waals surface area (Å²) in [6, 6.07) is 0. The number of anilines is 1. The van der Waals surface area contributed by atoms with Crippen LogP contribution in [0.3, 0.4) is 0 Å². The molecular weight excluding hydrogens is 210 g/mol. The van der Waals surface area contributed by atoms with E-state index < -0.39 is 0 Å². The Bertz CT molecular complexity index is 374. The van der Waals surface area contributed by atoms with Crippen LogP contribution >= 0.6 is 11.3 Å². The Morgan fingerprint density at radius 3 is 2.73 bits per heavy atom. The Kier molecular flexibility index (Phi) is 2.89. The lowest BCUT2D eigenvalue weighted by atomic mass is 10.2. The number of nitrogens with zero attached hydrogens (tertiary/aromatic N) is 3. The second-order valence-electron chi connectivity index (χ2n) is 3.76. The van der Waals surface area contributed by atoms with E-state index in [2.05, 4.69) is 28.6 Å². The van der Waals surface area contributed by atoms with Gasteiger partial charge in [-0.3, -0.25) is 0 Å². The molecule has 2 rings (SSSR count). The van der Waals surface area contributed by atoms with E-state index >= 15 is 0 Å². The van der Waals surface area contributed by atoms with Crippen molar-refractivity contribution in [3.63, 3.8) is 0 Å². The quantitative estimate of drug-likeness (QED) is 0.684. The lowest BCUT2D eigenvalue weighted by Crippen LogP contribution is -2.45. The van der Waals surface area contributed by atoms with E-state index in [0.717, 1.165) is 18.2 Å². The van der Waals surface area contributed by atoms with Gasteiger partial charge in [-0.25, -0.2) is 0 Å². The molecule has 2 atom stereocenters. The summed E-state index contributed by atoms with van der Waals surface area (Å²) < 4.78 is 5.65. The fourth-order valence-corrected chi connectivity index (χ4v) is 2.55. The zero-order valence-corrected chi connectivity index (χ0v) is 9.62. The number of morpholine rings is 1. The van der Waals surface area contributed by atoms with Crippen LogP contribution in [-0.2, 0) is 4.74 Å². The fraction of sp³-hybridized carbons (Fsp3) is 0.600. The first-order valence-corrected chi connectivity index (χ1v) is 5.80. The number of ether oxygens (including phenoxy) is 1. The van der Waals surface area contributed by atoms with Crippen LogP contribution in [0.2, 0.25) is 0 Å². The minimum atomic E-state index is 0.231. The van der Waals surface area contributed by atoms with Gasteiger partial charge >= 0.3 is 0 Å². The minimum absolute atomic E-state index is 0.231. The molecule has 0 aliphatic carbocycles. The van der Waals surface area contributed by atoms with E-state index in [0.29, 0.717) is 5.82 Å². The van der Waals surface area contributed by atoms with Crippen molar-refractivity contribution >= 4 is 22.3 Å². The van der Waals surface area contributed by atoms with Gasteiger partial charge in [0.25, 0.3) is 10.9 Å². The predicted molar refractivity (Wildman–Crippen MR) is 60.6 cm³/mol. The van der Waals surface area contributed by atoms with E-state index in [-0.39, 0.29) is 12.2 Å². The molecular formula is C10H13N3OS. The van der Waals surface area contributed by atoms with Crippen LogP contribution < -0.4 is 4.90 Å². The molecule has 1 fully saturated rings. The Balaban J connectivity index is 2.13. The van der Waals surface area contributed by atoms with Gasteiger partial charge in [-0.1, -0.05) is 22.9 Å². The van der Waals surface area contributed by atoms with Crippen molar-refractivity contribution in [3.05, 3.63) is 16.8 Å². The number of rotatable bonds is 1. The van der Waals surface area contributed by atoms with Crippen molar-refractivity contribution < 1.29 is 4.74 Å². The monoisotopic (exact) mass is 223 g/mol. The first-order valence-electron chi connectivity index (χ1n) is 4.92. The van der Waals surface area contributed by atoms with Gasteiger partial charge in [0.1, 0.15) is 0 Å². The van der Waals surface area contributed by atoms with E-state index in [1.165, 1.54) is 11.3 Å². The summed E-state index contributed by atoms with van der Waals surface area (Å²) in [7, 11) is 0. The smallest absolute Gasteiger partial charge is 0.282 e. The summed E-state index contributed by atoms with van der Waals surface area (Å²) in [5, 5.41) is 2.73. The Labute approximate surface area is 93.3 Å². The third-order valence-electron chi connectivity index (χ3n) is 2.28. The molecule has 1 aromatic rings. The van der Waals surface area contributed by atoms with Gasteiger partial charge in [0.2, 0.25) is 0 Å². The molecule has 2 heterocycles. The van der Waals surface area contributed by atoms with Crippen LogP contribution in [0.5, 0.6) is 0 Å². The number of hydrogen-bond acceptors (Lipinski definition) is 4. The highest BCUT2D eigenvalue weighted by atomic mass is 32.1. The molecule has 0 aromatic carbocycles. The van der Waals surface area contributed by atoms with Gasteiger partial charge in [0.15, 0.2) is 0 Å². The third-order valence-corrected chi connectivity index (χ3v) is 3.17. The Hall–Kier alpha value is -1.12. The molecule has 0 bridgehead atoms. The van der Waals surface area contributed by atoms with Crippen molar-refractivity contribution in [2.24, 2.45) is 0 Å². The molecule has 1 saturated heterocycles. The van der Waals surface area contributed by atoms with Crippen molar-refractivity contribution in [1.29, 1.82) is 0 Å². The van der Waals surface area contributed by atoms with E-state index in [4.69, 9.17) is 11.3 Å². The molecule has 0 unspecified atom stereocenters. The van der Waals surface area contributed by atoms with Crippen LogP contribution in [0, 0.1) is 6.57 Å². The zero-order valence-electron chi connectivity index (χ0n) is 8.80. The lowest BCUT2D eigenvalue weighted by Gasteiger charge is -2.33. The van der Waals surface area contributed by atoms with Crippen molar-refractivity contribution in [2.45, 2.75) is 26.1 Å². The van der Waals surface area contributed by atoms with Gasteiger partial charge < -0.3 is 14.5 Å². The molecule has 1 aliphatic heterocycles. The number of thiazole rings is 1. The van der Waals surface area contributed by atoms with Crippen LogP contribution in [0.25, 0.3) is 4.85 Å². The molecule has 1 aromatic heterocycles. The fourth-order valence-electron chi connectivity index (χ4n) is 1.79. The van der Waals surface area contributed by atoms with E-state index in [1.54, 1.807) is 5.38 Å². The average molecular weight is 223 g/mol. The number of hydrogen-bond donors (Lipinski definition) is 0. The SMILES string of the molecule is [C-]#[N+]c1csc(N2C[C@@H](C)O[C@@H](C)C2)n1. The second-order valence-corrected chi connectivity index (χ2v) is 4.60. The van der Waals surface area contributed by atoms with Crippen LogP contribution in [-0.4, -0.2) is 30.3 Å². The first kappa shape index (κ1) is 10.4. The Morgan fingerprint density at radius 1 is 1.53 bits per heavy atom. The molecule has 15 heavy (non-hydrogen) atoms. The van der Waals surface area contributed by atoms with Gasteiger partial charge in [-0.2, -0.15) is 0 Å². The summed E-state index contributed by atoms with van der Waals surface area (Å²) in [6.45, 7) is 12.7. The van der Waals surface area contributed by atoms with Crippen LogP contribution in [0.15, 0.2) is 5.38 Å². The molecule has 0 saturated carbocycles. The lowest BCUT2D eigenvalue weighted by molar-refractivity contribution is -0.00522. The summed E-state index contributed by atoms with van der Waals surface area (Å²) in [5.74, 6) is 0.488. The highest BCUT2D eigenvalue weighted by Crippen LogP contribution is 2.27. The second kappa shape index (κ2) is 4.17. The molecule has 0 spiro atoms. The zero-order chi connectivity index (χ0) is 10.8. The molecule has 1 aliphatic rings. The molecule has 0 amide bonds. The van der Waals surface area contributed by atoms with Crippen molar-refractivity contribution in [2.75, 3.05) is 18.0 Å². The molecule has 0 N–H and O–H groups in total.